The van der Waals surface area contributed by atoms with Crippen molar-refractivity contribution in [1.29, 1.82) is 0 Å². The SMILES string of the molecule is Cc1cncc(CONCCCO[C@H]2OC(CO)[C@@H](O/C(=C\O)O[CH]CO)[C@@H](O)C2O)c1. The van der Waals surface area contributed by atoms with Crippen LogP contribution in [-0.2, 0) is 30.4 Å². The molecule has 181 valence electrons. The van der Waals surface area contributed by atoms with Gasteiger partial charge in [0.15, 0.2) is 25.3 Å². The van der Waals surface area contributed by atoms with Crippen LogP contribution < -0.4 is 5.48 Å². The van der Waals surface area contributed by atoms with Gasteiger partial charge in [-0.25, -0.2) is 5.48 Å². The fourth-order valence-electron chi connectivity index (χ4n) is 2.92. The molecule has 1 radical (unpaired) electrons. The Morgan fingerprint density at radius 3 is 2.75 bits per heavy atom. The summed E-state index contributed by atoms with van der Waals surface area (Å²) in [5.74, 6) is -0.454. The number of hydrogen-bond acceptors (Lipinski definition) is 12. The average Bonchev–Trinajstić information content (AvgIpc) is 2.79. The Morgan fingerprint density at radius 2 is 2.06 bits per heavy atom. The first-order valence-corrected chi connectivity index (χ1v) is 10.1. The second kappa shape index (κ2) is 14.2. The molecule has 0 aliphatic carbocycles. The molecule has 2 heterocycles. The van der Waals surface area contributed by atoms with Gasteiger partial charge in [0.05, 0.1) is 26.4 Å². The molecule has 1 fully saturated rings. The van der Waals surface area contributed by atoms with Crippen molar-refractivity contribution >= 4 is 0 Å². The molecule has 2 rings (SSSR count). The standard InChI is InChI=1S/C20H31N2O10/c1-13-7-14(9-21-8-13)12-30-22-3-2-5-29-20-18(27)17(26)19(15(10-24)31-20)32-16(11-25)28-6-4-23/h6-9,11,15,17-20,22-27H,2-5,10,12H2,1H3/b16-11-/t15?,17-,18?,19+,20-/m0/s1. The van der Waals surface area contributed by atoms with Crippen LogP contribution in [0.3, 0.4) is 0 Å². The summed E-state index contributed by atoms with van der Waals surface area (Å²) in [5, 5.41) is 48.1. The summed E-state index contributed by atoms with van der Waals surface area (Å²) in [7, 11) is 0. The maximum atomic E-state index is 10.4. The topological polar surface area (TPSA) is 172 Å². The molecular formula is C20H31N2O10. The van der Waals surface area contributed by atoms with Crippen LogP contribution in [0.4, 0.5) is 0 Å². The van der Waals surface area contributed by atoms with Crippen molar-refractivity contribution in [3.63, 3.8) is 0 Å². The van der Waals surface area contributed by atoms with Crippen molar-refractivity contribution in [1.82, 2.24) is 10.5 Å². The van der Waals surface area contributed by atoms with E-state index in [9.17, 15) is 15.3 Å². The smallest absolute Gasteiger partial charge is 0.316 e. The molecule has 1 saturated heterocycles. The number of nitrogens with zero attached hydrogens (tertiary/aromatic N) is 1. The first kappa shape index (κ1) is 26.2. The minimum Gasteiger partial charge on any atom is -0.508 e. The number of aliphatic hydroxyl groups is 5. The molecule has 0 spiro atoms. The van der Waals surface area contributed by atoms with Crippen molar-refractivity contribution < 1.29 is 49.3 Å². The molecule has 12 nitrogen and oxygen atoms in total. The van der Waals surface area contributed by atoms with Crippen molar-refractivity contribution in [2.45, 2.75) is 50.7 Å². The van der Waals surface area contributed by atoms with Gasteiger partial charge in [0.1, 0.15) is 18.3 Å². The van der Waals surface area contributed by atoms with E-state index in [0.717, 1.165) is 17.7 Å². The Hall–Kier alpha value is -2.03. The molecule has 1 aromatic rings. The number of aromatic nitrogens is 1. The number of pyridine rings is 1. The molecule has 0 aromatic carbocycles. The minimum absolute atomic E-state index is 0.177. The molecule has 1 aliphatic rings. The summed E-state index contributed by atoms with van der Waals surface area (Å²) in [6, 6.07) is 1.97. The van der Waals surface area contributed by atoms with Gasteiger partial charge >= 0.3 is 5.95 Å². The molecule has 1 aromatic heterocycles. The third-order valence-corrected chi connectivity index (χ3v) is 4.43. The van der Waals surface area contributed by atoms with Crippen LogP contribution in [0.5, 0.6) is 0 Å². The normalized spacial score (nSPS) is 26.2. The highest BCUT2D eigenvalue weighted by Gasteiger charge is 2.46. The molecular weight excluding hydrogens is 428 g/mol. The van der Waals surface area contributed by atoms with Gasteiger partial charge in [-0.05, 0) is 24.5 Å². The number of aliphatic hydroxyl groups excluding tert-OH is 5. The number of aryl methyl sites for hydroxylation is 1. The lowest BCUT2D eigenvalue weighted by molar-refractivity contribution is -0.307. The number of ether oxygens (including phenoxy) is 4. The Labute approximate surface area is 185 Å². The van der Waals surface area contributed by atoms with Crippen LogP contribution in [0.25, 0.3) is 0 Å². The fourth-order valence-corrected chi connectivity index (χ4v) is 2.92. The molecule has 12 heteroatoms. The van der Waals surface area contributed by atoms with Gasteiger partial charge in [-0.2, -0.15) is 0 Å². The maximum absolute atomic E-state index is 10.4. The highest BCUT2D eigenvalue weighted by molar-refractivity contribution is 5.15. The molecule has 32 heavy (non-hydrogen) atoms. The van der Waals surface area contributed by atoms with Crippen molar-refractivity contribution in [3.05, 3.63) is 48.4 Å². The summed E-state index contributed by atoms with van der Waals surface area (Å²) in [6.07, 6.45) is -2.07. The zero-order chi connectivity index (χ0) is 23.3. The second-order valence-corrected chi connectivity index (χ2v) is 6.98. The third-order valence-electron chi connectivity index (χ3n) is 4.43. The van der Waals surface area contributed by atoms with Gasteiger partial charge in [0.2, 0.25) is 0 Å². The van der Waals surface area contributed by atoms with Crippen LogP contribution in [-0.4, -0.2) is 87.6 Å². The van der Waals surface area contributed by atoms with Crippen LogP contribution >= 0.6 is 0 Å². The second-order valence-electron chi connectivity index (χ2n) is 6.98. The third kappa shape index (κ3) is 8.15. The van der Waals surface area contributed by atoms with E-state index in [2.05, 4.69) is 10.5 Å². The van der Waals surface area contributed by atoms with E-state index in [1.807, 2.05) is 13.0 Å². The van der Waals surface area contributed by atoms with E-state index in [4.69, 9.17) is 34.0 Å². The monoisotopic (exact) mass is 459 g/mol. The lowest BCUT2D eigenvalue weighted by Gasteiger charge is -2.41. The molecule has 5 atom stereocenters. The number of nitrogens with one attached hydrogen (secondary N) is 1. The van der Waals surface area contributed by atoms with Gasteiger partial charge in [-0.3, -0.25) is 9.82 Å². The summed E-state index contributed by atoms with van der Waals surface area (Å²) in [6.45, 7) is 2.87. The average molecular weight is 459 g/mol. The van der Waals surface area contributed by atoms with E-state index < -0.39 is 49.9 Å². The Morgan fingerprint density at radius 1 is 1.25 bits per heavy atom. The van der Waals surface area contributed by atoms with Crippen molar-refractivity contribution in [3.8, 4) is 0 Å². The Bertz CT molecular complexity index is 690. The molecule has 0 bridgehead atoms. The lowest BCUT2D eigenvalue weighted by atomic mass is 9.99. The summed E-state index contributed by atoms with van der Waals surface area (Å²) >= 11 is 0. The zero-order valence-electron chi connectivity index (χ0n) is 17.7. The van der Waals surface area contributed by atoms with E-state index in [1.165, 1.54) is 0 Å². The minimum atomic E-state index is -1.51. The summed E-state index contributed by atoms with van der Waals surface area (Å²) in [4.78, 5) is 9.44. The summed E-state index contributed by atoms with van der Waals surface area (Å²) < 4.78 is 21.1. The van der Waals surface area contributed by atoms with Gasteiger partial charge < -0.3 is 44.5 Å². The van der Waals surface area contributed by atoms with Gasteiger partial charge in [0.25, 0.3) is 0 Å². The number of rotatable bonds is 14. The van der Waals surface area contributed by atoms with Gasteiger partial charge in [0, 0.05) is 18.9 Å². The molecule has 6 N–H and O–H groups in total. The maximum Gasteiger partial charge on any atom is 0.316 e. The Balaban J connectivity index is 1.71. The van der Waals surface area contributed by atoms with Crippen LogP contribution in [0.1, 0.15) is 17.5 Å². The van der Waals surface area contributed by atoms with Crippen molar-refractivity contribution in [2.75, 3.05) is 26.4 Å². The van der Waals surface area contributed by atoms with Gasteiger partial charge in [-0.1, -0.05) is 6.07 Å². The molecule has 1 aliphatic heterocycles. The van der Waals surface area contributed by atoms with Gasteiger partial charge in [-0.15, -0.1) is 0 Å². The van der Waals surface area contributed by atoms with E-state index in [-0.39, 0.29) is 6.61 Å². The molecule has 0 amide bonds. The van der Waals surface area contributed by atoms with E-state index in [1.54, 1.807) is 12.4 Å². The fraction of sp³-hybridized carbons (Fsp3) is 0.600. The van der Waals surface area contributed by atoms with E-state index in [0.29, 0.717) is 25.8 Å². The first-order chi connectivity index (χ1) is 15.5. The molecule has 2 unspecified atom stereocenters. The van der Waals surface area contributed by atoms with E-state index >= 15 is 0 Å². The number of hydrogen-bond donors (Lipinski definition) is 6. The van der Waals surface area contributed by atoms with Crippen LogP contribution in [0.15, 0.2) is 30.7 Å². The predicted molar refractivity (Wildman–Crippen MR) is 108 cm³/mol. The van der Waals surface area contributed by atoms with Crippen molar-refractivity contribution in [2.24, 2.45) is 0 Å². The predicted octanol–water partition coefficient (Wildman–Crippen LogP) is -0.830. The van der Waals surface area contributed by atoms with Crippen LogP contribution in [0.2, 0.25) is 0 Å². The lowest BCUT2D eigenvalue weighted by Crippen LogP contribution is -2.60. The molecule has 0 saturated carbocycles. The number of hydroxylamine groups is 1. The highest BCUT2D eigenvalue weighted by Crippen LogP contribution is 2.26. The summed E-state index contributed by atoms with van der Waals surface area (Å²) in [5.41, 5.74) is 4.78. The largest absolute Gasteiger partial charge is 0.508 e. The quantitative estimate of drug-likeness (QED) is 0.116. The first-order valence-electron chi connectivity index (χ1n) is 10.1. The zero-order valence-corrected chi connectivity index (χ0v) is 17.7. The Kier molecular flexibility index (Phi) is 11.6. The van der Waals surface area contributed by atoms with Crippen LogP contribution in [0, 0.1) is 13.5 Å². The highest BCUT2D eigenvalue weighted by atomic mass is 16.7.